The maximum atomic E-state index is 12.1. The Labute approximate surface area is 121 Å². The third-order valence-electron chi connectivity index (χ3n) is 2.88. The summed E-state index contributed by atoms with van der Waals surface area (Å²) < 4.78 is 26.7. The molecule has 21 heavy (non-hydrogen) atoms. The molecule has 2 rings (SSSR count). The molecule has 1 aromatic heterocycles. The SMILES string of the molecule is Cc1ccc(S(=O)(=O)NCc2cccnc2)cc1[N+](=O)[O-]. The summed E-state index contributed by atoms with van der Waals surface area (Å²) >= 11 is 0. The van der Waals surface area contributed by atoms with Gasteiger partial charge in [-0.15, -0.1) is 0 Å². The largest absolute Gasteiger partial charge is 0.273 e. The molecular weight excluding hydrogens is 294 g/mol. The Balaban J connectivity index is 2.24. The van der Waals surface area contributed by atoms with E-state index in [0.29, 0.717) is 11.1 Å². The first-order valence-corrected chi connectivity index (χ1v) is 7.52. The summed E-state index contributed by atoms with van der Waals surface area (Å²) in [5.74, 6) is 0. The second-order valence-electron chi connectivity index (χ2n) is 4.39. The molecular formula is C13H13N3O4S. The number of rotatable bonds is 5. The number of sulfonamides is 1. The van der Waals surface area contributed by atoms with E-state index in [1.807, 2.05) is 0 Å². The minimum atomic E-state index is -3.81. The second-order valence-corrected chi connectivity index (χ2v) is 6.16. The van der Waals surface area contributed by atoms with Gasteiger partial charge < -0.3 is 0 Å². The smallest absolute Gasteiger partial charge is 0.264 e. The highest BCUT2D eigenvalue weighted by Gasteiger charge is 2.19. The van der Waals surface area contributed by atoms with Crippen LogP contribution in [0.15, 0.2) is 47.6 Å². The van der Waals surface area contributed by atoms with Crippen LogP contribution in [0.3, 0.4) is 0 Å². The number of aromatic nitrogens is 1. The zero-order valence-corrected chi connectivity index (χ0v) is 12.0. The quantitative estimate of drug-likeness (QED) is 0.670. The molecule has 0 aliphatic rings. The maximum Gasteiger partial charge on any atom is 0.273 e. The number of nitrogens with one attached hydrogen (secondary N) is 1. The van der Waals surface area contributed by atoms with Crippen molar-refractivity contribution in [1.82, 2.24) is 9.71 Å². The van der Waals surface area contributed by atoms with E-state index in [0.717, 1.165) is 6.07 Å². The van der Waals surface area contributed by atoms with Crippen LogP contribution in [0.5, 0.6) is 0 Å². The number of nitro benzene ring substituents is 1. The minimum Gasteiger partial charge on any atom is -0.264 e. The highest BCUT2D eigenvalue weighted by molar-refractivity contribution is 7.89. The van der Waals surface area contributed by atoms with Crippen molar-refractivity contribution in [3.63, 3.8) is 0 Å². The van der Waals surface area contributed by atoms with Crippen LogP contribution in [0.25, 0.3) is 0 Å². The van der Waals surface area contributed by atoms with Crippen molar-refractivity contribution >= 4 is 15.7 Å². The van der Waals surface area contributed by atoms with E-state index in [9.17, 15) is 18.5 Å². The van der Waals surface area contributed by atoms with E-state index >= 15 is 0 Å². The first-order chi connectivity index (χ1) is 9.90. The maximum absolute atomic E-state index is 12.1. The number of nitrogens with zero attached hydrogens (tertiary/aromatic N) is 2. The number of pyridine rings is 1. The number of aryl methyl sites for hydroxylation is 1. The van der Waals surface area contributed by atoms with Crippen LogP contribution in [-0.4, -0.2) is 18.3 Å². The van der Waals surface area contributed by atoms with Gasteiger partial charge in [-0.2, -0.15) is 0 Å². The fraction of sp³-hybridized carbons (Fsp3) is 0.154. The molecule has 0 unspecified atom stereocenters. The van der Waals surface area contributed by atoms with Crippen molar-refractivity contribution in [2.75, 3.05) is 0 Å². The molecule has 7 nitrogen and oxygen atoms in total. The fourth-order valence-electron chi connectivity index (χ4n) is 1.72. The third kappa shape index (κ3) is 3.61. The van der Waals surface area contributed by atoms with Crippen molar-refractivity contribution in [2.45, 2.75) is 18.4 Å². The Hall–Kier alpha value is -2.32. The number of hydrogen-bond acceptors (Lipinski definition) is 5. The standard InChI is InChI=1S/C13H13N3O4S/c1-10-4-5-12(7-13(10)16(17)18)21(19,20)15-9-11-3-2-6-14-8-11/h2-8,15H,9H2,1H3. The summed E-state index contributed by atoms with van der Waals surface area (Å²) in [5.41, 5.74) is 0.883. The lowest BCUT2D eigenvalue weighted by Gasteiger charge is -2.07. The molecule has 0 spiro atoms. The zero-order valence-electron chi connectivity index (χ0n) is 11.2. The third-order valence-corrected chi connectivity index (χ3v) is 4.28. The van der Waals surface area contributed by atoms with Gasteiger partial charge >= 0.3 is 0 Å². The van der Waals surface area contributed by atoms with Crippen LogP contribution >= 0.6 is 0 Å². The Morgan fingerprint density at radius 3 is 2.71 bits per heavy atom. The Kier molecular flexibility index (Phi) is 4.29. The van der Waals surface area contributed by atoms with Gasteiger partial charge in [-0.1, -0.05) is 12.1 Å². The van der Waals surface area contributed by atoms with Gasteiger partial charge in [-0.05, 0) is 24.6 Å². The molecule has 0 saturated carbocycles. The van der Waals surface area contributed by atoms with Gasteiger partial charge in [0.25, 0.3) is 5.69 Å². The van der Waals surface area contributed by atoms with E-state index in [4.69, 9.17) is 0 Å². The van der Waals surface area contributed by atoms with Crippen molar-refractivity contribution < 1.29 is 13.3 Å². The highest BCUT2D eigenvalue weighted by atomic mass is 32.2. The number of nitro groups is 1. The molecule has 1 aromatic carbocycles. The summed E-state index contributed by atoms with van der Waals surface area (Å²) in [6, 6.07) is 7.24. The lowest BCUT2D eigenvalue weighted by atomic mass is 10.2. The molecule has 0 radical (unpaired) electrons. The van der Waals surface area contributed by atoms with Crippen molar-refractivity contribution in [2.24, 2.45) is 0 Å². The molecule has 0 atom stereocenters. The number of benzene rings is 1. The first kappa shape index (κ1) is 15.1. The average Bonchev–Trinajstić information content (AvgIpc) is 2.46. The lowest BCUT2D eigenvalue weighted by molar-refractivity contribution is -0.385. The van der Waals surface area contributed by atoms with Gasteiger partial charge in [-0.3, -0.25) is 15.1 Å². The second kappa shape index (κ2) is 5.98. The van der Waals surface area contributed by atoms with Crippen LogP contribution in [-0.2, 0) is 16.6 Å². The summed E-state index contributed by atoms with van der Waals surface area (Å²) in [4.78, 5) is 14.0. The summed E-state index contributed by atoms with van der Waals surface area (Å²) in [5, 5.41) is 10.9. The predicted octanol–water partition coefficient (Wildman–Crippen LogP) is 1.78. The number of hydrogen-bond donors (Lipinski definition) is 1. The van der Waals surface area contributed by atoms with E-state index in [1.54, 1.807) is 31.5 Å². The first-order valence-electron chi connectivity index (χ1n) is 6.04. The Bertz CT molecular complexity index is 760. The van der Waals surface area contributed by atoms with E-state index < -0.39 is 14.9 Å². The van der Waals surface area contributed by atoms with Gasteiger partial charge in [0.05, 0.1) is 9.82 Å². The molecule has 0 bridgehead atoms. The predicted molar refractivity (Wildman–Crippen MR) is 76.1 cm³/mol. The fourth-order valence-corrected chi connectivity index (χ4v) is 2.75. The molecule has 0 fully saturated rings. The molecule has 110 valence electrons. The van der Waals surface area contributed by atoms with Crippen LogP contribution in [0.1, 0.15) is 11.1 Å². The van der Waals surface area contributed by atoms with Crippen molar-refractivity contribution in [3.05, 3.63) is 64.0 Å². The molecule has 1 N–H and O–H groups in total. The minimum absolute atomic E-state index is 0.0673. The summed E-state index contributed by atoms with van der Waals surface area (Å²) in [6.07, 6.45) is 3.13. The zero-order chi connectivity index (χ0) is 15.5. The topological polar surface area (TPSA) is 102 Å². The van der Waals surface area contributed by atoms with E-state index in [2.05, 4.69) is 9.71 Å². The normalized spacial score (nSPS) is 11.3. The highest BCUT2D eigenvalue weighted by Crippen LogP contribution is 2.22. The van der Waals surface area contributed by atoms with Crippen LogP contribution < -0.4 is 4.72 Å². The van der Waals surface area contributed by atoms with Crippen molar-refractivity contribution in [3.8, 4) is 0 Å². The van der Waals surface area contributed by atoms with Gasteiger partial charge in [0.1, 0.15) is 0 Å². The van der Waals surface area contributed by atoms with Crippen LogP contribution in [0, 0.1) is 17.0 Å². The molecule has 0 aliphatic heterocycles. The molecule has 1 heterocycles. The monoisotopic (exact) mass is 307 g/mol. The molecule has 2 aromatic rings. The van der Waals surface area contributed by atoms with Crippen LogP contribution in [0.4, 0.5) is 5.69 Å². The molecule has 0 amide bonds. The van der Waals surface area contributed by atoms with Gasteiger partial charge in [0.15, 0.2) is 0 Å². The summed E-state index contributed by atoms with van der Waals surface area (Å²) in [7, 11) is -3.81. The van der Waals surface area contributed by atoms with E-state index in [1.165, 1.54) is 12.1 Å². The molecule has 0 saturated heterocycles. The average molecular weight is 307 g/mol. The van der Waals surface area contributed by atoms with Gasteiger partial charge in [0, 0.05) is 30.6 Å². The van der Waals surface area contributed by atoms with E-state index in [-0.39, 0.29) is 17.1 Å². The van der Waals surface area contributed by atoms with Gasteiger partial charge in [-0.25, -0.2) is 13.1 Å². The lowest BCUT2D eigenvalue weighted by Crippen LogP contribution is -2.23. The Morgan fingerprint density at radius 1 is 1.33 bits per heavy atom. The Morgan fingerprint density at radius 2 is 2.10 bits per heavy atom. The van der Waals surface area contributed by atoms with Gasteiger partial charge in [0.2, 0.25) is 10.0 Å². The summed E-state index contributed by atoms with van der Waals surface area (Å²) in [6.45, 7) is 1.62. The van der Waals surface area contributed by atoms with Crippen LogP contribution in [0.2, 0.25) is 0 Å². The molecule has 0 aliphatic carbocycles. The van der Waals surface area contributed by atoms with Crippen molar-refractivity contribution in [1.29, 1.82) is 0 Å². The molecule has 8 heteroatoms.